The van der Waals surface area contributed by atoms with Crippen molar-refractivity contribution in [2.45, 2.75) is 40.1 Å². The van der Waals surface area contributed by atoms with Gasteiger partial charge in [-0.2, -0.15) is 0 Å². The fraction of sp³-hybridized carbons (Fsp3) is 0.536. The minimum absolute atomic E-state index is 0.00386. The van der Waals surface area contributed by atoms with Crippen molar-refractivity contribution in [3.63, 3.8) is 0 Å². The van der Waals surface area contributed by atoms with Gasteiger partial charge in [-0.05, 0) is 43.5 Å². The lowest BCUT2D eigenvalue weighted by atomic mass is 9.70. The molecule has 3 amide bonds. The summed E-state index contributed by atoms with van der Waals surface area (Å²) in [6, 6.07) is 6.51. The predicted molar refractivity (Wildman–Crippen MR) is 154 cm³/mol. The number of hydrogen-bond acceptors (Lipinski definition) is 6. The molecule has 38 heavy (non-hydrogen) atoms. The molecule has 0 aromatic heterocycles. The normalized spacial score (nSPS) is 29.2. The highest BCUT2D eigenvalue weighted by Crippen LogP contribution is 2.68. The lowest BCUT2D eigenvalue weighted by molar-refractivity contribution is -0.143. The highest BCUT2D eigenvalue weighted by Gasteiger charge is 2.75. The Hall–Kier alpha value is -2.30. The number of aliphatic hydroxyl groups excluding tert-OH is 1. The van der Waals surface area contributed by atoms with E-state index >= 15 is 0 Å². The summed E-state index contributed by atoms with van der Waals surface area (Å²) in [4.78, 5) is 47.2. The monoisotopic (exact) mass is 605 g/mol. The number of anilines is 1. The SMILES string of the molecule is C=CCN(C)C(=O)[C@H]1[C@@H]2SC3(CC2Br)C(C(=O)N(CC=C)c2ccc(OC)cc2)N(CCCCO)C(=O)[C@H]13. The van der Waals surface area contributed by atoms with Gasteiger partial charge >= 0.3 is 0 Å². The van der Waals surface area contributed by atoms with Gasteiger partial charge in [0.25, 0.3) is 5.91 Å². The lowest BCUT2D eigenvalue weighted by Gasteiger charge is -2.38. The zero-order valence-corrected chi connectivity index (χ0v) is 24.3. The van der Waals surface area contributed by atoms with Crippen molar-refractivity contribution in [3.05, 3.63) is 49.6 Å². The highest BCUT2D eigenvalue weighted by atomic mass is 79.9. The number of benzene rings is 1. The topological polar surface area (TPSA) is 90.4 Å². The summed E-state index contributed by atoms with van der Waals surface area (Å²) in [5, 5.41) is 9.28. The third-order valence-electron chi connectivity index (χ3n) is 7.86. The minimum atomic E-state index is -0.738. The van der Waals surface area contributed by atoms with Crippen molar-refractivity contribution in [3.8, 4) is 5.75 Å². The Balaban J connectivity index is 1.76. The van der Waals surface area contributed by atoms with Gasteiger partial charge in [0.2, 0.25) is 11.8 Å². The molecule has 3 heterocycles. The van der Waals surface area contributed by atoms with Crippen molar-refractivity contribution < 1.29 is 24.2 Å². The Morgan fingerprint density at radius 1 is 1.21 bits per heavy atom. The predicted octanol–water partition coefficient (Wildman–Crippen LogP) is 3.10. The van der Waals surface area contributed by atoms with Crippen molar-refractivity contribution in [1.29, 1.82) is 0 Å². The van der Waals surface area contributed by atoms with Crippen LogP contribution in [0.3, 0.4) is 0 Å². The molecule has 0 aliphatic carbocycles. The number of nitrogens with zero attached hydrogens (tertiary/aromatic N) is 3. The van der Waals surface area contributed by atoms with Crippen LogP contribution in [0.1, 0.15) is 19.3 Å². The van der Waals surface area contributed by atoms with Crippen molar-refractivity contribution in [2.75, 3.05) is 45.3 Å². The zero-order chi connectivity index (χ0) is 27.6. The number of alkyl halides is 1. The van der Waals surface area contributed by atoms with Crippen LogP contribution in [-0.4, -0.2) is 93.9 Å². The van der Waals surface area contributed by atoms with E-state index in [4.69, 9.17) is 4.74 Å². The molecule has 1 aromatic carbocycles. The first kappa shape index (κ1) is 28.7. The van der Waals surface area contributed by atoms with E-state index in [2.05, 4.69) is 29.1 Å². The van der Waals surface area contributed by atoms with Gasteiger partial charge in [-0.15, -0.1) is 24.9 Å². The van der Waals surface area contributed by atoms with Crippen LogP contribution < -0.4 is 9.64 Å². The Labute approximate surface area is 237 Å². The maximum atomic E-state index is 14.5. The number of fused-ring (bicyclic) bond motifs is 1. The van der Waals surface area contributed by atoms with Gasteiger partial charge in [-0.1, -0.05) is 28.1 Å². The van der Waals surface area contributed by atoms with Gasteiger partial charge in [-0.25, -0.2) is 0 Å². The van der Waals surface area contributed by atoms with E-state index in [1.807, 2.05) is 12.1 Å². The van der Waals surface area contributed by atoms with Crippen molar-refractivity contribution >= 4 is 51.1 Å². The first-order chi connectivity index (χ1) is 18.2. The molecule has 10 heteroatoms. The van der Waals surface area contributed by atoms with E-state index in [-0.39, 0.29) is 41.0 Å². The summed E-state index contributed by atoms with van der Waals surface area (Å²) in [6.07, 6.45) is 5.06. The Kier molecular flexibility index (Phi) is 8.94. The molecule has 0 saturated carbocycles. The number of likely N-dealkylation sites (tertiary alicyclic amines) is 1. The summed E-state index contributed by atoms with van der Waals surface area (Å²) in [5.41, 5.74) is 0.685. The average Bonchev–Trinajstić information content (AvgIpc) is 3.50. The van der Waals surface area contributed by atoms with E-state index < -0.39 is 22.6 Å². The van der Waals surface area contributed by atoms with Crippen LogP contribution >= 0.6 is 27.7 Å². The molecule has 8 nitrogen and oxygen atoms in total. The van der Waals surface area contributed by atoms with Crippen molar-refractivity contribution in [1.82, 2.24) is 9.80 Å². The molecule has 3 unspecified atom stereocenters. The van der Waals surface area contributed by atoms with Crippen LogP contribution in [-0.2, 0) is 14.4 Å². The lowest BCUT2D eigenvalue weighted by Crippen LogP contribution is -2.56. The molecular formula is C28H36BrN3O5S. The number of likely N-dealkylation sites (N-methyl/N-ethyl adjacent to an activating group) is 1. The molecule has 3 aliphatic heterocycles. The molecule has 0 radical (unpaired) electrons. The number of unbranched alkanes of at least 4 members (excludes halogenated alkanes) is 1. The number of rotatable bonds is 12. The molecule has 3 saturated heterocycles. The summed E-state index contributed by atoms with van der Waals surface area (Å²) in [7, 11) is 3.32. The van der Waals surface area contributed by atoms with Crippen LogP contribution in [0.15, 0.2) is 49.6 Å². The number of carbonyl (C=O) groups excluding carboxylic acids is 3. The van der Waals surface area contributed by atoms with Crippen LogP contribution in [0.5, 0.6) is 5.75 Å². The summed E-state index contributed by atoms with van der Waals surface area (Å²) in [5.74, 6) is -0.853. The molecule has 206 valence electrons. The number of thioether (sulfide) groups is 1. The second-order valence-corrected chi connectivity index (χ2v) is 12.8. The van der Waals surface area contributed by atoms with Crippen LogP contribution in [0, 0.1) is 11.8 Å². The minimum Gasteiger partial charge on any atom is -0.497 e. The van der Waals surface area contributed by atoms with Crippen LogP contribution in [0.4, 0.5) is 5.69 Å². The van der Waals surface area contributed by atoms with E-state index in [1.165, 1.54) is 0 Å². The first-order valence-corrected chi connectivity index (χ1v) is 14.7. The molecule has 1 spiro atoms. The van der Waals surface area contributed by atoms with E-state index in [1.54, 1.807) is 64.9 Å². The van der Waals surface area contributed by atoms with Gasteiger partial charge in [0.15, 0.2) is 0 Å². The van der Waals surface area contributed by atoms with Gasteiger partial charge in [0, 0.05) is 49.1 Å². The summed E-state index contributed by atoms with van der Waals surface area (Å²) < 4.78 is 4.56. The first-order valence-electron chi connectivity index (χ1n) is 12.9. The number of carbonyl (C=O) groups is 3. The number of ether oxygens (including phenoxy) is 1. The Bertz CT molecular complexity index is 1080. The van der Waals surface area contributed by atoms with Gasteiger partial charge < -0.3 is 24.5 Å². The fourth-order valence-corrected chi connectivity index (χ4v) is 9.83. The fourth-order valence-electron chi connectivity index (χ4n) is 6.23. The van der Waals surface area contributed by atoms with Gasteiger partial charge in [0.1, 0.15) is 11.8 Å². The number of methoxy groups -OCH3 is 1. The second-order valence-electron chi connectivity index (χ2n) is 10.1. The Morgan fingerprint density at radius 2 is 1.89 bits per heavy atom. The third-order valence-corrected chi connectivity index (χ3v) is 11.1. The smallest absolute Gasteiger partial charge is 0.251 e. The van der Waals surface area contributed by atoms with Gasteiger partial charge in [-0.3, -0.25) is 14.4 Å². The summed E-state index contributed by atoms with van der Waals surface area (Å²) >= 11 is 5.43. The maximum absolute atomic E-state index is 14.5. The second kappa shape index (κ2) is 11.8. The third kappa shape index (κ3) is 4.79. The largest absolute Gasteiger partial charge is 0.497 e. The molecule has 2 bridgehead atoms. The number of halogens is 1. The van der Waals surface area contributed by atoms with Crippen LogP contribution in [0.25, 0.3) is 0 Å². The van der Waals surface area contributed by atoms with E-state index in [9.17, 15) is 19.5 Å². The number of amides is 3. The van der Waals surface area contributed by atoms with Crippen LogP contribution in [0.2, 0.25) is 0 Å². The zero-order valence-electron chi connectivity index (χ0n) is 21.9. The molecule has 3 aliphatic rings. The molecule has 6 atom stereocenters. The molecular weight excluding hydrogens is 570 g/mol. The van der Waals surface area contributed by atoms with E-state index in [0.29, 0.717) is 43.8 Å². The molecule has 4 rings (SSSR count). The van der Waals surface area contributed by atoms with E-state index in [0.717, 1.165) is 0 Å². The molecule has 1 N–H and O–H groups in total. The quantitative estimate of drug-likeness (QED) is 0.224. The number of aliphatic hydroxyl groups is 1. The van der Waals surface area contributed by atoms with Crippen molar-refractivity contribution in [2.24, 2.45) is 11.8 Å². The molecule has 1 aromatic rings. The standard InChI is InChI=1S/C28H36BrN3O5S/c1-5-13-30(3)25(34)21-22-26(35)32(15-7-8-16-33)24(28(22)17-20(29)23(21)38-28)27(36)31(14-6-2)18-9-11-19(37-4)12-10-18/h5-6,9-12,20-24,33H,1-2,7-8,13-17H2,3-4H3/t20?,21-,22+,23-,24?,28?/m1/s1. The Morgan fingerprint density at radius 3 is 2.50 bits per heavy atom. The average molecular weight is 607 g/mol. The maximum Gasteiger partial charge on any atom is 0.251 e. The summed E-state index contributed by atoms with van der Waals surface area (Å²) in [6.45, 7) is 8.63. The molecule has 3 fully saturated rings. The van der Waals surface area contributed by atoms with Gasteiger partial charge in [0.05, 0.1) is 23.7 Å². The number of hydrogen-bond donors (Lipinski definition) is 1. The highest BCUT2D eigenvalue weighted by molar-refractivity contribution is 9.09.